The predicted octanol–water partition coefficient (Wildman–Crippen LogP) is 11.0. The lowest BCUT2D eigenvalue weighted by atomic mass is 9.90. The van der Waals surface area contributed by atoms with Crippen LogP contribution < -0.4 is 0 Å². The molecular weight excluding hydrogens is 585 g/mol. The fourth-order valence-electron chi connectivity index (χ4n) is 6.80. The van der Waals surface area contributed by atoms with E-state index in [0.29, 0.717) is 0 Å². The molecule has 48 heavy (non-hydrogen) atoms. The van der Waals surface area contributed by atoms with Gasteiger partial charge in [-0.15, -0.1) is 0 Å². The van der Waals surface area contributed by atoms with Gasteiger partial charge in [0.2, 0.25) is 0 Å². The summed E-state index contributed by atoms with van der Waals surface area (Å²) in [4.78, 5) is 10.6. The van der Waals surface area contributed by atoms with Crippen LogP contribution in [0.25, 0.3) is 67.5 Å². The first-order valence-electron chi connectivity index (χ1n) is 16.3. The number of aromatic nitrogens is 4. The van der Waals surface area contributed by atoms with E-state index in [1.165, 1.54) is 0 Å². The number of imidazole rings is 2. The minimum absolute atomic E-state index is 0.932. The van der Waals surface area contributed by atoms with E-state index in [1.54, 1.807) is 0 Å². The highest BCUT2D eigenvalue weighted by Gasteiger charge is 2.25. The lowest BCUT2D eigenvalue weighted by Crippen LogP contribution is -2.00. The van der Waals surface area contributed by atoms with E-state index in [2.05, 4.69) is 193 Å². The van der Waals surface area contributed by atoms with E-state index < -0.39 is 0 Å². The second-order valence-electron chi connectivity index (χ2n) is 11.9. The van der Waals surface area contributed by atoms with Crippen LogP contribution in [0.5, 0.6) is 0 Å². The average molecular weight is 619 g/mol. The van der Waals surface area contributed by atoms with Crippen LogP contribution >= 0.6 is 0 Å². The van der Waals surface area contributed by atoms with E-state index >= 15 is 0 Å². The van der Waals surface area contributed by atoms with Gasteiger partial charge in [0.05, 0.1) is 22.8 Å². The van der Waals surface area contributed by atoms with E-state index in [9.17, 15) is 0 Å². The smallest absolute Gasteiger partial charge is 0.111 e. The number of hydrogen-bond acceptors (Lipinski definition) is 2. The molecule has 6 aromatic carbocycles. The quantitative estimate of drug-likeness (QED) is 0.178. The zero-order valence-corrected chi connectivity index (χ0v) is 27.0. The molecule has 0 saturated heterocycles. The molecule has 0 aliphatic heterocycles. The number of hydrogen-bond donors (Lipinski definition) is 0. The van der Waals surface area contributed by atoms with E-state index in [0.717, 1.165) is 79.2 Å². The number of rotatable bonds is 7. The van der Waals surface area contributed by atoms with Crippen LogP contribution in [-0.2, 0) is 0 Å². The lowest BCUT2D eigenvalue weighted by molar-refractivity contribution is 0.980. The number of aryl methyl sites for hydroxylation is 2. The molecule has 0 N–H and O–H groups in total. The van der Waals surface area contributed by atoms with Gasteiger partial charge in [-0.3, -0.25) is 9.13 Å². The van der Waals surface area contributed by atoms with Gasteiger partial charge in [0, 0.05) is 33.6 Å². The van der Waals surface area contributed by atoms with Crippen molar-refractivity contribution in [2.45, 2.75) is 13.8 Å². The van der Waals surface area contributed by atoms with Crippen molar-refractivity contribution < 1.29 is 0 Å². The molecule has 2 aromatic heterocycles. The molecule has 0 radical (unpaired) electrons. The second kappa shape index (κ2) is 12.5. The van der Waals surface area contributed by atoms with Gasteiger partial charge in [0.1, 0.15) is 11.6 Å². The molecule has 4 heteroatoms. The molecule has 0 amide bonds. The van der Waals surface area contributed by atoms with Crippen molar-refractivity contribution in [1.82, 2.24) is 19.1 Å². The molecule has 0 fully saturated rings. The zero-order valence-electron chi connectivity index (χ0n) is 27.0. The van der Waals surface area contributed by atoms with Crippen molar-refractivity contribution in [2.24, 2.45) is 0 Å². The Labute approximate surface area is 281 Å². The van der Waals surface area contributed by atoms with Gasteiger partial charge in [-0.05, 0) is 49.2 Å². The van der Waals surface area contributed by atoms with Gasteiger partial charge in [-0.2, -0.15) is 0 Å². The molecule has 0 aliphatic rings. The highest BCUT2D eigenvalue weighted by Crippen LogP contribution is 2.44. The fraction of sp³-hybridized carbons (Fsp3) is 0.0455. The summed E-state index contributed by atoms with van der Waals surface area (Å²) in [6.07, 6.45) is 0. The van der Waals surface area contributed by atoms with E-state index in [-0.39, 0.29) is 0 Å². The lowest BCUT2D eigenvalue weighted by Gasteiger charge is -2.16. The highest BCUT2D eigenvalue weighted by molar-refractivity contribution is 5.96. The molecule has 0 aliphatic carbocycles. The first kappa shape index (κ1) is 29.2. The summed E-state index contributed by atoms with van der Waals surface area (Å²) in [6.45, 7) is 4.18. The molecule has 8 aromatic rings. The second-order valence-corrected chi connectivity index (χ2v) is 11.9. The molecule has 8 rings (SSSR count). The van der Waals surface area contributed by atoms with Crippen molar-refractivity contribution >= 4 is 0 Å². The molecule has 0 spiro atoms. The Morgan fingerprint density at radius 2 is 0.625 bits per heavy atom. The molecule has 0 unspecified atom stereocenters. The molecule has 230 valence electrons. The molecule has 0 saturated carbocycles. The Bertz CT molecular complexity index is 2170. The predicted molar refractivity (Wildman–Crippen MR) is 197 cm³/mol. The summed E-state index contributed by atoms with van der Waals surface area (Å²) in [5.74, 6) is 1.86. The van der Waals surface area contributed by atoms with E-state index in [4.69, 9.17) is 9.97 Å². The van der Waals surface area contributed by atoms with Gasteiger partial charge < -0.3 is 0 Å². The summed E-state index contributed by atoms with van der Waals surface area (Å²) in [5.41, 5.74) is 12.8. The summed E-state index contributed by atoms with van der Waals surface area (Å²) < 4.78 is 4.54. The van der Waals surface area contributed by atoms with Gasteiger partial charge in [0.15, 0.2) is 0 Å². The Balaban J connectivity index is 1.38. The molecule has 0 atom stereocenters. The van der Waals surface area contributed by atoms with Gasteiger partial charge in [-0.25, -0.2) is 9.97 Å². The van der Waals surface area contributed by atoms with Crippen molar-refractivity contribution in [1.29, 1.82) is 0 Å². The molecule has 2 heterocycles. The zero-order chi connectivity index (χ0) is 32.5. The standard InChI is InChI=1S/C44H34N4/c1-31-45-41(43(33-19-7-3-8-20-33)47(31)35-23-11-5-12-24-35)39-29-17-15-27-37(39)38-28-16-18-30-40(38)42-44(34-21-9-4-10-22-34)48(32(2)46-42)36-25-13-6-14-26-36/h3-30H,1-2H3. The molecule has 4 nitrogen and oxygen atoms in total. The van der Waals surface area contributed by atoms with Crippen LogP contribution in [-0.4, -0.2) is 19.1 Å². The van der Waals surface area contributed by atoms with Crippen LogP contribution in [0, 0.1) is 13.8 Å². The topological polar surface area (TPSA) is 35.6 Å². The molecule has 0 bridgehead atoms. The van der Waals surface area contributed by atoms with Crippen molar-refractivity contribution in [2.75, 3.05) is 0 Å². The maximum absolute atomic E-state index is 5.29. The van der Waals surface area contributed by atoms with Crippen LogP contribution in [0.3, 0.4) is 0 Å². The van der Waals surface area contributed by atoms with Crippen LogP contribution in [0.1, 0.15) is 11.6 Å². The molecular formula is C44H34N4. The van der Waals surface area contributed by atoms with Crippen molar-refractivity contribution in [3.8, 4) is 67.5 Å². The third-order valence-electron chi connectivity index (χ3n) is 8.87. The Morgan fingerprint density at radius 3 is 0.979 bits per heavy atom. The third kappa shape index (κ3) is 5.14. The number of nitrogens with zero attached hydrogens (tertiary/aromatic N) is 4. The Kier molecular flexibility index (Phi) is 7.60. The minimum atomic E-state index is 0.932. The van der Waals surface area contributed by atoms with Crippen molar-refractivity contribution in [3.05, 3.63) is 182 Å². The normalized spacial score (nSPS) is 11.1. The van der Waals surface area contributed by atoms with Crippen LogP contribution in [0.4, 0.5) is 0 Å². The van der Waals surface area contributed by atoms with Gasteiger partial charge >= 0.3 is 0 Å². The minimum Gasteiger partial charge on any atom is -0.296 e. The number of para-hydroxylation sites is 2. The Morgan fingerprint density at radius 1 is 0.333 bits per heavy atom. The highest BCUT2D eigenvalue weighted by atomic mass is 15.1. The summed E-state index contributed by atoms with van der Waals surface area (Å²) >= 11 is 0. The average Bonchev–Trinajstić information content (AvgIpc) is 3.69. The van der Waals surface area contributed by atoms with E-state index in [1.807, 2.05) is 0 Å². The first-order chi connectivity index (χ1) is 23.7. The maximum Gasteiger partial charge on any atom is 0.111 e. The summed E-state index contributed by atoms with van der Waals surface area (Å²) in [7, 11) is 0. The number of benzene rings is 6. The monoisotopic (exact) mass is 618 g/mol. The SMILES string of the molecule is Cc1nc(-c2ccccc2-c2ccccc2-c2nc(C)n(-c3ccccc3)c2-c2ccccc2)c(-c2ccccc2)n1-c1ccccc1. The maximum atomic E-state index is 5.29. The van der Waals surface area contributed by atoms with Crippen LogP contribution in [0.2, 0.25) is 0 Å². The Hall–Kier alpha value is -6.26. The van der Waals surface area contributed by atoms with Gasteiger partial charge in [-0.1, -0.05) is 146 Å². The van der Waals surface area contributed by atoms with Crippen LogP contribution in [0.15, 0.2) is 170 Å². The first-order valence-corrected chi connectivity index (χ1v) is 16.3. The fourth-order valence-corrected chi connectivity index (χ4v) is 6.80. The summed E-state index contributed by atoms with van der Waals surface area (Å²) in [6, 6.07) is 59.4. The van der Waals surface area contributed by atoms with Gasteiger partial charge in [0.25, 0.3) is 0 Å². The third-order valence-corrected chi connectivity index (χ3v) is 8.87. The van der Waals surface area contributed by atoms with Crippen molar-refractivity contribution in [3.63, 3.8) is 0 Å². The largest absolute Gasteiger partial charge is 0.296 e. The summed E-state index contributed by atoms with van der Waals surface area (Å²) in [5, 5.41) is 0.